The second-order valence-electron chi connectivity index (χ2n) is 6.74. The number of amides is 1. The predicted molar refractivity (Wildman–Crippen MR) is 109 cm³/mol. The van der Waals surface area contributed by atoms with Gasteiger partial charge in [-0.25, -0.2) is 8.42 Å². The third kappa shape index (κ3) is 7.42. The highest BCUT2D eigenvalue weighted by Gasteiger charge is 2.25. The lowest BCUT2D eigenvalue weighted by atomic mass is 10.1. The lowest BCUT2D eigenvalue weighted by Crippen LogP contribution is -2.48. The third-order valence-corrected chi connectivity index (χ3v) is 5.51. The number of rotatable bonds is 11. The van der Waals surface area contributed by atoms with Gasteiger partial charge in [0.05, 0.1) is 11.0 Å². The van der Waals surface area contributed by atoms with Gasteiger partial charge >= 0.3 is 0 Å². The SMILES string of the molecule is CC(C)OCCCNC(=O)[C@@H](Cc1ccccc1)NS(=O)(=O)c1ccccc1. The molecule has 1 atom stereocenters. The molecule has 0 fully saturated rings. The lowest BCUT2D eigenvalue weighted by molar-refractivity contribution is -0.122. The first kappa shape index (κ1) is 22.1. The largest absolute Gasteiger partial charge is 0.379 e. The Morgan fingerprint density at radius 1 is 1.00 bits per heavy atom. The maximum Gasteiger partial charge on any atom is 0.241 e. The molecule has 0 aliphatic heterocycles. The van der Waals surface area contributed by atoms with Crippen LogP contribution in [0.15, 0.2) is 65.6 Å². The summed E-state index contributed by atoms with van der Waals surface area (Å²) in [5, 5.41) is 2.80. The summed E-state index contributed by atoms with van der Waals surface area (Å²) in [7, 11) is -3.81. The predicted octanol–water partition coefficient (Wildman–Crippen LogP) is 2.51. The maximum atomic E-state index is 12.7. The van der Waals surface area contributed by atoms with Crippen LogP contribution in [-0.2, 0) is 26.0 Å². The zero-order valence-electron chi connectivity index (χ0n) is 16.3. The van der Waals surface area contributed by atoms with Gasteiger partial charge in [0.15, 0.2) is 0 Å². The fourth-order valence-corrected chi connectivity index (χ4v) is 3.84. The van der Waals surface area contributed by atoms with E-state index in [1.54, 1.807) is 18.2 Å². The van der Waals surface area contributed by atoms with Crippen LogP contribution < -0.4 is 10.0 Å². The van der Waals surface area contributed by atoms with Gasteiger partial charge in [0.25, 0.3) is 0 Å². The van der Waals surface area contributed by atoms with Crippen molar-refractivity contribution in [1.29, 1.82) is 0 Å². The summed E-state index contributed by atoms with van der Waals surface area (Å²) in [6, 6.07) is 16.5. The van der Waals surface area contributed by atoms with Crippen LogP contribution in [0.25, 0.3) is 0 Å². The smallest absolute Gasteiger partial charge is 0.241 e. The quantitative estimate of drug-likeness (QED) is 0.564. The van der Waals surface area contributed by atoms with E-state index in [9.17, 15) is 13.2 Å². The molecular weight excluding hydrogens is 376 g/mol. The van der Waals surface area contributed by atoms with Crippen LogP contribution in [-0.4, -0.2) is 39.6 Å². The van der Waals surface area contributed by atoms with E-state index in [1.165, 1.54) is 12.1 Å². The summed E-state index contributed by atoms with van der Waals surface area (Å²) in [5.74, 6) is -0.354. The molecule has 2 rings (SSSR count). The molecule has 152 valence electrons. The van der Waals surface area contributed by atoms with Gasteiger partial charge in [0.2, 0.25) is 15.9 Å². The van der Waals surface area contributed by atoms with Gasteiger partial charge in [0, 0.05) is 13.2 Å². The van der Waals surface area contributed by atoms with Crippen LogP contribution in [0, 0.1) is 0 Å². The molecule has 0 saturated carbocycles. The molecule has 0 aliphatic rings. The Morgan fingerprint density at radius 3 is 2.21 bits per heavy atom. The molecule has 0 bridgehead atoms. The van der Waals surface area contributed by atoms with E-state index in [0.717, 1.165) is 5.56 Å². The fraction of sp³-hybridized carbons (Fsp3) is 0.381. The number of carbonyl (C=O) groups excluding carboxylic acids is 1. The molecule has 7 heteroatoms. The molecule has 0 aromatic heterocycles. The minimum Gasteiger partial charge on any atom is -0.379 e. The van der Waals surface area contributed by atoms with Gasteiger partial charge in [-0.15, -0.1) is 0 Å². The van der Waals surface area contributed by atoms with Gasteiger partial charge in [-0.1, -0.05) is 48.5 Å². The van der Waals surface area contributed by atoms with Crippen molar-refractivity contribution in [3.63, 3.8) is 0 Å². The Balaban J connectivity index is 2.05. The average molecular weight is 405 g/mol. The van der Waals surface area contributed by atoms with Crippen LogP contribution >= 0.6 is 0 Å². The van der Waals surface area contributed by atoms with E-state index in [4.69, 9.17) is 4.74 Å². The highest BCUT2D eigenvalue weighted by molar-refractivity contribution is 7.89. The number of sulfonamides is 1. The van der Waals surface area contributed by atoms with Crippen LogP contribution in [0.3, 0.4) is 0 Å². The van der Waals surface area contributed by atoms with Gasteiger partial charge in [-0.2, -0.15) is 4.72 Å². The summed E-state index contributed by atoms with van der Waals surface area (Å²) in [6.45, 7) is 4.86. The van der Waals surface area contributed by atoms with Gasteiger partial charge in [-0.3, -0.25) is 4.79 Å². The van der Waals surface area contributed by atoms with Gasteiger partial charge in [0.1, 0.15) is 6.04 Å². The van der Waals surface area contributed by atoms with E-state index in [0.29, 0.717) is 19.6 Å². The Hall–Kier alpha value is -2.22. The molecule has 1 amide bonds. The topological polar surface area (TPSA) is 84.5 Å². The Kier molecular flexibility index (Phi) is 8.63. The van der Waals surface area contributed by atoms with E-state index >= 15 is 0 Å². The lowest BCUT2D eigenvalue weighted by Gasteiger charge is -2.19. The van der Waals surface area contributed by atoms with Crippen LogP contribution in [0.2, 0.25) is 0 Å². The average Bonchev–Trinajstić information content (AvgIpc) is 2.68. The second-order valence-corrected chi connectivity index (χ2v) is 8.45. The summed E-state index contributed by atoms with van der Waals surface area (Å²) in [6.07, 6.45) is 1.06. The molecule has 2 N–H and O–H groups in total. The third-order valence-electron chi connectivity index (χ3n) is 4.02. The second kappa shape index (κ2) is 10.9. The minimum atomic E-state index is -3.81. The summed E-state index contributed by atoms with van der Waals surface area (Å²) in [5.41, 5.74) is 0.876. The van der Waals surface area contributed by atoms with Crippen molar-refractivity contribution >= 4 is 15.9 Å². The number of benzene rings is 2. The monoisotopic (exact) mass is 404 g/mol. The molecule has 0 spiro atoms. The number of hydrogen-bond acceptors (Lipinski definition) is 4. The van der Waals surface area contributed by atoms with Gasteiger partial charge < -0.3 is 10.1 Å². The van der Waals surface area contributed by atoms with E-state index in [-0.39, 0.29) is 23.3 Å². The normalized spacial score (nSPS) is 12.7. The Bertz CT molecular complexity index is 824. The van der Waals surface area contributed by atoms with Crippen molar-refractivity contribution < 1.29 is 17.9 Å². The standard InChI is InChI=1S/C21H28N2O4S/c1-17(2)27-15-9-14-22-21(24)20(16-18-10-5-3-6-11-18)23-28(25,26)19-12-7-4-8-13-19/h3-8,10-13,17,20,23H,9,14-16H2,1-2H3,(H,22,24)/t20-/m1/s1. The molecule has 0 unspecified atom stereocenters. The summed E-state index contributed by atoms with van der Waals surface area (Å²) < 4.78 is 33.4. The first-order chi connectivity index (χ1) is 13.4. The number of ether oxygens (including phenoxy) is 1. The zero-order chi connectivity index (χ0) is 20.4. The minimum absolute atomic E-state index is 0.131. The Morgan fingerprint density at radius 2 is 1.61 bits per heavy atom. The van der Waals surface area contributed by atoms with Crippen molar-refractivity contribution in [2.45, 2.75) is 43.7 Å². The van der Waals surface area contributed by atoms with Gasteiger partial charge in [-0.05, 0) is 44.4 Å². The van der Waals surface area contributed by atoms with Crippen molar-refractivity contribution in [3.05, 3.63) is 66.2 Å². The fourth-order valence-electron chi connectivity index (χ4n) is 2.62. The van der Waals surface area contributed by atoms with Crippen molar-refractivity contribution in [1.82, 2.24) is 10.0 Å². The first-order valence-corrected chi connectivity index (χ1v) is 10.9. The first-order valence-electron chi connectivity index (χ1n) is 9.39. The number of hydrogen-bond donors (Lipinski definition) is 2. The summed E-state index contributed by atoms with van der Waals surface area (Å²) >= 11 is 0. The molecule has 0 radical (unpaired) electrons. The van der Waals surface area contributed by atoms with Crippen molar-refractivity contribution in [2.24, 2.45) is 0 Å². The maximum absolute atomic E-state index is 12.7. The molecular formula is C21H28N2O4S. The molecule has 0 aliphatic carbocycles. The van der Waals surface area contributed by atoms with E-state index < -0.39 is 16.1 Å². The highest BCUT2D eigenvalue weighted by atomic mass is 32.2. The number of nitrogens with one attached hydrogen (secondary N) is 2. The molecule has 28 heavy (non-hydrogen) atoms. The number of carbonyl (C=O) groups is 1. The van der Waals surface area contributed by atoms with E-state index in [2.05, 4.69) is 10.0 Å². The molecule has 2 aromatic rings. The van der Waals surface area contributed by atoms with Crippen molar-refractivity contribution in [3.8, 4) is 0 Å². The molecule has 0 saturated heterocycles. The van der Waals surface area contributed by atoms with Crippen LogP contribution in [0.4, 0.5) is 0 Å². The molecule has 0 heterocycles. The van der Waals surface area contributed by atoms with Crippen LogP contribution in [0.5, 0.6) is 0 Å². The summed E-state index contributed by atoms with van der Waals surface area (Å²) in [4.78, 5) is 12.8. The Labute approximate surface area is 167 Å². The molecule has 2 aromatic carbocycles. The molecule has 6 nitrogen and oxygen atoms in total. The van der Waals surface area contributed by atoms with Crippen LogP contribution in [0.1, 0.15) is 25.8 Å². The van der Waals surface area contributed by atoms with Crippen molar-refractivity contribution in [2.75, 3.05) is 13.2 Å². The highest BCUT2D eigenvalue weighted by Crippen LogP contribution is 2.11. The van der Waals surface area contributed by atoms with E-state index in [1.807, 2.05) is 44.2 Å². The zero-order valence-corrected chi connectivity index (χ0v) is 17.1.